The summed E-state index contributed by atoms with van der Waals surface area (Å²) in [7, 11) is 0. The van der Waals surface area contributed by atoms with E-state index < -0.39 is 5.54 Å². The summed E-state index contributed by atoms with van der Waals surface area (Å²) in [4.78, 5) is 0. The fourth-order valence-electron chi connectivity index (χ4n) is 0.569. The van der Waals surface area contributed by atoms with Crippen molar-refractivity contribution in [3.63, 3.8) is 0 Å². The van der Waals surface area contributed by atoms with Crippen LogP contribution in [0.4, 0.5) is 0 Å². The van der Waals surface area contributed by atoms with Gasteiger partial charge in [-0.25, -0.2) is 0 Å². The number of hydrogen-bond donors (Lipinski definition) is 1. The van der Waals surface area contributed by atoms with Crippen molar-refractivity contribution in [2.24, 2.45) is 5.73 Å². The highest BCUT2D eigenvalue weighted by Crippen LogP contribution is 1.98. The summed E-state index contributed by atoms with van der Waals surface area (Å²) < 4.78 is 4.84. The van der Waals surface area contributed by atoms with Crippen molar-refractivity contribution in [2.45, 2.75) is 19.4 Å². The smallest absolute Gasteiger partial charge is 0.106 e. The molecule has 0 saturated carbocycles. The van der Waals surface area contributed by atoms with E-state index >= 15 is 0 Å². The summed E-state index contributed by atoms with van der Waals surface area (Å²) in [5.74, 6) is 5.79. The molecular formula is C9H11NO. The molecule has 1 aromatic heterocycles. The van der Waals surface area contributed by atoms with Crippen LogP contribution in [-0.4, -0.2) is 5.54 Å². The van der Waals surface area contributed by atoms with Crippen LogP contribution >= 0.6 is 0 Å². The Hall–Kier alpha value is -1.20. The molecule has 0 aromatic carbocycles. The lowest BCUT2D eigenvalue weighted by molar-refractivity contribution is 0.566. The van der Waals surface area contributed by atoms with Gasteiger partial charge in [-0.1, -0.05) is 11.8 Å². The maximum Gasteiger partial charge on any atom is 0.106 e. The molecule has 0 bridgehead atoms. The Morgan fingerprint density at radius 2 is 2.27 bits per heavy atom. The van der Waals surface area contributed by atoms with Crippen LogP contribution in [0.5, 0.6) is 0 Å². The zero-order valence-electron chi connectivity index (χ0n) is 6.72. The van der Waals surface area contributed by atoms with E-state index in [4.69, 9.17) is 10.2 Å². The molecule has 0 unspecified atom stereocenters. The van der Waals surface area contributed by atoms with E-state index in [1.165, 1.54) is 0 Å². The van der Waals surface area contributed by atoms with E-state index in [0.29, 0.717) is 0 Å². The minimum absolute atomic E-state index is 0.433. The molecule has 0 atom stereocenters. The maximum atomic E-state index is 5.65. The molecule has 58 valence electrons. The van der Waals surface area contributed by atoms with E-state index in [-0.39, 0.29) is 0 Å². The summed E-state index contributed by atoms with van der Waals surface area (Å²) in [6.07, 6.45) is 3.19. The molecule has 11 heavy (non-hydrogen) atoms. The first kappa shape index (κ1) is 7.90. The summed E-state index contributed by atoms with van der Waals surface area (Å²) in [5.41, 5.74) is 6.08. The van der Waals surface area contributed by atoms with E-state index in [1.807, 2.05) is 13.8 Å². The van der Waals surface area contributed by atoms with Crippen LogP contribution in [0.1, 0.15) is 19.4 Å². The molecule has 2 nitrogen and oxygen atoms in total. The Balaban J connectivity index is 2.74. The van der Waals surface area contributed by atoms with Gasteiger partial charge in [0.15, 0.2) is 0 Å². The summed E-state index contributed by atoms with van der Waals surface area (Å²) in [6.45, 7) is 3.72. The molecule has 1 rings (SSSR count). The first-order valence-electron chi connectivity index (χ1n) is 3.42. The van der Waals surface area contributed by atoms with Crippen LogP contribution in [0.2, 0.25) is 0 Å². The lowest BCUT2D eigenvalue weighted by Gasteiger charge is -2.06. The number of nitrogens with two attached hydrogens (primary N) is 1. The molecule has 0 aliphatic carbocycles. The van der Waals surface area contributed by atoms with Gasteiger partial charge in [0.25, 0.3) is 0 Å². The van der Waals surface area contributed by atoms with Crippen molar-refractivity contribution in [3.05, 3.63) is 24.2 Å². The van der Waals surface area contributed by atoms with Crippen molar-refractivity contribution in [1.29, 1.82) is 0 Å². The van der Waals surface area contributed by atoms with Crippen LogP contribution in [-0.2, 0) is 0 Å². The van der Waals surface area contributed by atoms with Crippen LogP contribution < -0.4 is 5.73 Å². The molecule has 0 fully saturated rings. The van der Waals surface area contributed by atoms with Gasteiger partial charge in [0.05, 0.1) is 17.4 Å². The minimum Gasteiger partial charge on any atom is -0.471 e. The average molecular weight is 149 g/mol. The highest BCUT2D eigenvalue weighted by Gasteiger charge is 2.03. The molecule has 0 spiro atoms. The molecule has 0 saturated heterocycles. The van der Waals surface area contributed by atoms with Gasteiger partial charge in [-0.2, -0.15) is 0 Å². The topological polar surface area (TPSA) is 39.2 Å². The Morgan fingerprint density at radius 1 is 1.55 bits per heavy atom. The molecule has 0 aliphatic heterocycles. The summed E-state index contributed by atoms with van der Waals surface area (Å²) >= 11 is 0. The number of furan rings is 1. The van der Waals surface area contributed by atoms with Gasteiger partial charge in [0.1, 0.15) is 6.26 Å². The standard InChI is InChI=1S/C9H11NO/c1-9(2,10)5-3-8-4-6-11-7-8/h4,6-7H,10H2,1-2H3. The molecule has 0 aliphatic rings. The predicted octanol–water partition coefficient (Wildman–Crippen LogP) is 1.37. The normalized spacial score (nSPS) is 10.5. The molecule has 0 amide bonds. The van der Waals surface area contributed by atoms with Crippen molar-refractivity contribution >= 4 is 0 Å². The Morgan fingerprint density at radius 3 is 2.73 bits per heavy atom. The Bertz CT molecular complexity index is 269. The Labute approximate surface area is 66.4 Å². The molecule has 0 radical (unpaired) electrons. The quantitative estimate of drug-likeness (QED) is 0.566. The third-order valence-electron chi connectivity index (χ3n) is 1.05. The van der Waals surface area contributed by atoms with Gasteiger partial charge in [0, 0.05) is 0 Å². The van der Waals surface area contributed by atoms with Gasteiger partial charge in [-0.3, -0.25) is 0 Å². The van der Waals surface area contributed by atoms with Crippen molar-refractivity contribution in [1.82, 2.24) is 0 Å². The van der Waals surface area contributed by atoms with Crippen molar-refractivity contribution in [3.8, 4) is 11.8 Å². The zero-order valence-corrected chi connectivity index (χ0v) is 6.72. The first-order valence-corrected chi connectivity index (χ1v) is 3.42. The van der Waals surface area contributed by atoms with Crippen LogP contribution in [0.15, 0.2) is 23.0 Å². The average Bonchev–Trinajstić information content (AvgIpc) is 2.32. The predicted molar refractivity (Wildman–Crippen MR) is 43.9 cm³/mol. The van der Waals surface area contributed by atoms with E-state index in [1.54, 1.807) is 18.6 Å². The first-order chi connectivity index (χ1) is 5.08. The fraction of sp³-hybridized carbons (Fsp3) is 0.333. The van der Waals surface area contributed by atoms with E-state index in [0.717, 1.165) is 5.56 Å². The second-order valence-corrected chi connectivity index (χ2v) is 2.98. The van der Waals surface area contributed by atoms with Gasteiger partial charge in [-0.15, -0.1) is 0 Å². The Kier molecular flexibility index (Phi) is 2.02. The van der Waals surface area contributed by atoms with Crippen molar-refractivity contribution in [2.75, 3.05) is 0 Å². The lowest BCUT2D eigenvalue weighted by atomic mass is 10.1. The van der Waals surface area contributed by atoms with Gasteiger partial charge in [0.2, 0.25) is 0 Å². The molecule has 2 heteroatoms. The monoisotopic (exact) mass is 149 g/mol. The third-order valence-corrected chi connectivity index (χ3v) is 1.05. The second-order valence-electron chi connectivity index (χ2n) is 2.98. The molecule has 1 aromatic rings. The van der Waals surface area contributed by atoms with E-state index in [2.05, 4.69) is 11.8 Å². The SMILES string of the molecule is CC(C)(N)C#Cc1ccoc1. The maximum absolute atomic E-state index is 5.65. The molecule has 1 heterocycles. The number of rotatable bonds is 0. The largest absolute Gasteiger partial charge is 0.471 e. The van der Waals surface area contributed by atoms with Gasteiger partial charge in [-0.05, 0) is 19.9 Å². The molecular weight excluding hydrogens is 138 g/mol. The fourth-order valence-corrected chi connectivity index (χ4v) is 0.569. The lowest BCUT2D eigenvalue weighted by Crippen LogP contribution is -2.29. The molecule has 2 N–H and O–H groups in total. The number of hydrogen-bond acceptors (Lipinski definition) is 2. The third kappa shape index (κ3) is 2.92. The summed E-state index contributed by atoms with van der Waals surface area (Å²) in [5, 5.41) is 0. The minimum atomic E-state index is -0.433. The second kappa shape index (κ2) is 2.81. The van der Waals surface area contributed by atoms with Crippen molar-refractivity contribution < 1.29 is 4.42 Å². The summed E-state index contributed by atoms with van der Waals surface area (Å²) in [6, 6.07) is 1.80. The van der Waals surface area contributed by atoms with Gasteiger partial charge >= 0.3 is 0 Å². The highest BCUT2D eigenvalue weighted by molar-refractivity contribution is 5.32. The van der Waals surface area contributed by atoms with Gasteiger partial charge < -0.3 is 10.2 Å². The van der Waals surface area contributed by atoms with Crippen LogP contribution in [0.25, 0.3) is 0 Å². The van der Waals surface area contributed by atoms with Crippen LogP contribution in [0, 0.1) is 11.8 Å². The van der Waals surface area contributed by atoms with Crippen LogP contribution in [0.3, 0.4) is 0 Å². The van der Waals surface area contributed by atoms with E-state index in [9.17, 15) is 0 Å². The zero-order chi connectivity index (χ0) is 8.32. The highest BCUT2D eigenvalue weighted by atomic mass is 16.3.